The summed E-state index contributed by atoms with van der Waals surface area (Å²) in [4.78, 5) is 17.1. The number of carbonyl (C=O) groups excluding carboxylic acids is 1. The fraction of sp³-hybridized carbons (Fsp3) is 0.0370. The number of nitrogens with zero attached hydrogens (tertiary/aromatic N) is 1. The van der Waals surface area contributed by atoms with E-state index >= 15 is 0 Å². The van der Waals surface area contributed by atoms with Crippen LogP contribution in [0, 0.1) is 6.92 Å². The van der Waals surface area contributed by atoms with Crippen LogP contribution in [0.25, 0.3) is 40.0 Å². The zero-order chi connectivity index (χ0) is 21.9. The molecular weight excluding hydrogens is 400 g/mol. The SMILES string of the molecule is Cc1c(NC(=O)/C=C/c2ccc(-c3ccccc3)o2)cccc1-c1nc2ccccc2o1. The highest BCUT2D eigenvalue weighted by atomic mass is 16.3. The lowest BCUT2D eigenvalue weighted by atomic mass is 10.1. The molecule has 0 bridgehead atoms. The van der Waals surface area contributed by atoms with Gasteiger partial charge in [0.25, 0.3) is 0 Å². The number of aromatic nitrogens is 1. The van der Waals surface area contributed by atoms with Gasteiger partial charge in [-0.25, -0.2) is 4.98 Å². The van der Waals surface area contributed by atoms with E-state index in [9.17, 15) is 4.79 Å². The lowest BCUT2D eigenvalue weighted by molar-refractivity contribution is -0.111. The Hall–Kier alpha value is -4.38. The van der Waals surface area contributed by atoms with Gasteiger partial charge in [0.2, 0.25) is 11.8 Å². The minimum absolute atomic E-state index is 0.250. The molecule has 3 aromatic carbocycles. The third-order valence-electron chi connectivity index (χ3n) is 5.20. The number of fused-ring (bicyclic) bond motifs is 1. The zero-order valence-corrected chi connectivity index (χ0v) is 17.4. The molecule has 5 heteroatoms. The van der Waals surface area contributed by atoms with Crippen molar-refractivity contribution in [2.24, 2.45) is 0 Å². The number of nitrogens with one attached hydrogen (secondary N) is 1. The molecule has 0 atom stereocenters. The molecule has 156 valence electrons. The van der Waals surface area contributed by atoms with Crippen LogP contribution in [0.2, 0.25) is 0 Å². The van der Waals surface area contributed by atoms with Crippen molar-refractivity contribution in [3.05, 3.63) is 102 Å². The van der Waals surface area contributed by atoms with Crippen LogP contribution in [0.3, 0.4) is 0 Å². The molecule has 2 aromatic heterocycles. The summed E-state index contributed by atoms with van der Waals surface area (Å²) in [7, 11) is 0. The molecule has 0 aliphatic carbocycles. The van der Waals surface area contributed by atoms with E-state index in [4.69, 9.17) is 8.83 Å². The average molecular weight is 420 g/mol. The molecule has 2 heterocycles. The molecule has 5 aromatic rings. The second-order valence-corrected chi connectivity index (χ2v) is 7.36. The van der Waals surface area contributed by atoms with Crippen LogP contribution in [-0.4, -0.2) is 10.9 Å². The number of para-hydroxylation sites is 2. The molecular formula is C27H20N2O3. The number of oxazole rings is 1. The van der Waals surface area contributed by atoms with Gasteiger partial charge in [-0.3, -0.25) is 4.79 Å². The molecule has 5 nitrogen and oxygen atoms in total. The Morgan fingerprint density at radius 3 is 2.53 bits per heavy atom. The number of amides is 1. The second kappa shape index (κ2) is 8.40. The van der Waals surface area contributed by atoms with Crippen LogP contribution in [0.15, 0.2) is 99.8 Å². The summed E-state index contributed by atoms with van der Waals surface area (Å²) in [6.07, 6.45) is 3.11. The van der Waals surface area contributed by atoms with Crippen molar-refractivity contribution < 1.29 is 13.6 Å². The van der Waals surface area contributed by atoms with E-state index < -0.39 is 0 Å². The van der Waals surface area contributed by atoms with Gasteiger partial charge in [0.05, 0.1) is 0 Å². The normalized spacial score (nSPS) is 11.3. The second-order valence-electron chi connectivity index (χ2n) is 7.36. The summed E-state index contributed by atoms with van der Waals surface area (Å²) in [6.45, 7) is 1.93. The number of anilines is 1. The van der Waals surface area contributed by atoms with E-state index in [0.29, 0.717) is 17.3 Å². The molecule has 1 N–H and O–H groups in total. The maximum Gasteiger partial charge on any atom is 0.248 e. The maximum absolute atomic E-state index is 12.5. The van der Waals surface area contributed by atoms with Gasteiger partial charge in [0, 0.05) is 22.9 Å². The van der Waals surface area contributed by atoms with Gasteiger partial charge >= 0.3 is 0 Å². The van der Waals surface area contributed by atoms with Crippen molar-refractivity contribution in [3.8, 4) is 22.8 Å². The summed E-state index contributed by atoms with van der Waals surface area (Å²) in [5, 5.41) is 2.93. The van der Waals surface area contributed by atoms with E-state index in [0.717, 1.165) is 33.6 Å². The van der Waals surface area contributed by atoms with Crippen molar-refractivity contribution in [3.63, 3.8) is 0 Å². The predicted octanol–water partition coefficient (Wildman–Crippen LogP) is 6.72. The molecule has 0 aliphatic heterocycles. The Labute approximate surface area is 185 Å². The molecule has 0 saturated heterocycles. The Bertz CT molecular complexity index is 1390. The minimum atomic E-state index is -0.250. The van der Waals surface area contributed by atoms with Crippen LogP contribution >= 0.6 is 0 Å². The van der Waals surface area contributed by atoms with Gasteiger partial charge in [-0.15, -0.1) is 0 Å². The van der Waals surface area contributed by atoms with E-state index in [2.05, 4.69) is 10.3 Å². The smallest absolute Gasteiger partial charge is 0.248 e. The quantitative estimate of drug-likeness (QED) is 0.321. The third-order valence-corrected chi connectivity index (χ3v) is 5.20. The molecule has 0 radical (unpaired) electrons. The van der Waals surface area contributed by atoms with Gasteiger partial charge < -0.3 is 14.2 Å². The van der Waals surface area contributed by atoms with Crippen LogP contribution < -0.4 is 5.32 Å². The van der Waals surface area contributed by atoms with Crippen LogP contribution in [-0.2, 0) is 4.79 Å². The zero-order valence-electron chi connectivity index (χ0n) is 17.4. The monoisotopic (exact) mass is 420 g/mol. The van der Waals surface area contributed by atoms with Crippen molar-refractivity contribution in [1.82, 2.24) is 4.98 Å². The third kappa shape index (κ3) is 3.96. The van der Waals surface area contributed by atoms with Gasteiger partial charge in [-0.1, -0.05) is 48.5 Å². The number of hydrogen-bond acceptors (Lipinski definition) is 4. The van der Waals surface area contributed by atoms with Crippen molar-refractivity contribution in [2.75, 3.05) is 5.32 Å². The first kappa shape index (κ1) is 19.6. The molecule has 0 aliphatic rings. The first-order chi connectivity index (χ1) is 15.7. The number of hydrogen-bond donors (Lipinski definition) is 1. The Morgan fingerprint density at radius 1 is 0.875 bits per heavy atom. The van der Waals surface area contributed by atoms with Crippen LogP contribution in [0.1, 0.15) is 11.3 Å². The summed E-state index contributed by atoms with van der Waals surface area (Å²) in [5.74, 6) is 1.64. The largest absolute Gasteiger partial charge is 0.457 e. The lowest BCUT2D eigenvalue weighted by Gasteiger charge is -2.09. The molecule has 32 heavy (non-hydrogen) atoms. The highest BCUT2D eigenvalue weighted by Gasteiger charge is 2.13. The Kier molecular flexibility index (Phi) is 5.14. The minimum Gasteiger partial charge on any atom is -0.457 e. The number of carbonyl (C=O) groups is 1. The fourth-order valence-corrected chi connectivity index (χ4v) is 3.52. The average Bonchev–Trinajstić information content (AvgIpc) is 3.47. The molecule has 5 rings (SSSR count). The highest BCUT2D eigenvalue weighted by Crippen LogP contribution is 2.30. The van der Waals surface area contributed by atoms with E-state index in [-0.39, 0.29) is 5.91 Å². The molecule has 0 saturated carbocycles. The lowest BCUT2D eigenvalue weighted by Crippen LogP contribution is -2.09. The number of rotatable bonds is 5. The first-order valence-electron chi connectivity index (χ1n) is 10.3. The summed E-state index contributed by atoms with van der Waals surface area (Å²) in [5.41, 5.74) is 4.93. The fourth-order valence-electron chi connectivity index (χ4n) is 3.52. The van der Waals surface area contributed by atoms with Gasteiger partial charge in [-0.05, 0) is 55.0 Å². The van der Waals surface area contributed by atoms with E-state index in [1.807, 2.05) is 91.9 Å². The predicted molar refractivity (Wildman–Crippen MR) is 126 cm³/mol. The number of benzene rings is 3. The van der Waals surface area contributed by atoms with Crippen LogP contribution in [0.4, 0.5) is 5.69 Å². The molecule has 0 spiro atoms. The summed E-state index contributed by atoms with van der Waals surface area (Å²) < 4.78 is 11.7. The molecule has 0 fully saturated rings. The van der Waals surface area contributed by atoms with Gasteiger partial charge in [-0.2, -0.15) is 0 Å². The molecule has 0 unspecified atom stereocenters. The van der Waals surface area contributed by atoms with Gasteiger partial charge in [0.1, 0.15) is 17.0 Å². The Morgan fingerprint density at radius 2 is 1.69 bits per heavy atom. The summed E-state index contributed by atoms with van der Waals surface area (Å²) >= 11 is 0. The van der Waals surface area contributed by atoms with E-state index in [1.165, 1.54) is 6.08 Å². The topological polar surface area (TPSA) is 68.3 Å². The molecule has 1 amide bonds. The highest BCUT2D eigenvalue weighted by molar-refractivity contribution is 6.02. The number of furan rings is 1. The Balaban J connectivity index is 1.33. The standard InChI is InChI=1S/C27H20N2O3/c1-18-21(27-29-23-11-5-6-13-25(23)32-27)10-7-12-22(18)28-26(30)17-15-20-14-16-24(31-20)19-8-3-2-4-9-19/h2-17H,1H3,(H,28,30)/b17-15+. The van der Waals surface area contributed by atoms with E-state index in [1.54, 1.807) is 6.08 Å². The van der Waals surface area contributed by atoms with Crippen molar-refractivity contribution in [2.45, 2.75) is 6.92 Å². The first-order valence-corrected chi connectivity index (χ1v) is 10.3. The van der Waals surface area contributed by atoms with Crippen molar-refractivity contribution in [1.29, 1.82) is 0 Å². The maximum atomic E-state index is 12.5. The van der Waals surface area contributed by atoms with Crippen molar-refractivity contribution >= 4 is 28.8 Å². The van der Waals surface area contributed by atoms with Gasteiger partial charge in [0.15, 0.2) is 5.58 Å². The summed E-state index contributed by atoms with van der Waals surface area (Å²) in [6, 6.07) is 26.8. The van der Waals surface area contributed by atoms with Crippen LogP contribution in [0.5, 0.6) is 0 Å².